The number of nitrogens with one attached hydrogen (secondary N) is 1. The first-order valence-corrected chi connectivity index (χ1v) is 5.94. The fourth-order valence-electron chi connectivity index (χ4n) is 0.839. The normalized spacial score (nSPS) is 9.85. The molecule has 0 atom stereocenters. The SMILES string of the molecule is N=C(N)[Se]COCc1ccccc1. The Bertz CT molecular complexity index is 264. The fraction of sp³-hybridized carbons (Fsp3) is 0.222. The summed E-state index contributed by atoms with van der Waals surface area (Å²) in [5.74, 6) is 0. The number of rotatable bonds is 5. The van der Waals surface area contributed by atoms with Crippen LogP contribution in [0.25, 0.3) is 0 Å². The molecule has 1 aromatic rings. The van der Waals surface area contributed by atoms with E-state index < -0.39 is 0 Å². The van der Waals surface area contributed by atoms with Gasteiger partial charge in [0.1, 0.15) is 0 Å². The number of amidine groups is 1. The van der Waals surface area contributed by atoms with Gasteiger partial charge in [0.2, 0.25) is 0 Å². The van der Waals surface area contributed by atoms with Crippen LogP contribution in [0.5, 0.6) is 0 Å². The van der Waals surface area contributed by atoms with Gasteiger partial charge in [0, 0.05) is 0 Å². The van der Waals surface area contributed by atoms with Crippen LogP contribution >= 0.6 is 0 Å². The molecule has 0 radical (unpaired) electrons. The Morgan fingerprint density at radius 2 is 2.08 bits per heavy atom. The van der Waals surface area contributed by atoms with Crippen molar-refractivity contribution in [2.75, 3.05) is 5.51 Å². The van der Waals surface area contributed by atoms with Crippen molar-refractivity contribution in [2.45, 2.75) is 6.61 Å². The van der Waals surface area contributed by atoms with Gasteiger partial charge in [-0.05, 0) is 0 Å². The van der Waals surface area contributed by atoms with Crippen molar-refractivity contribution in [3.8, 4) is 0 Å². The van der Waals surface area contributed by atoms with E-state index in [0.29, 0.717) is 12.1 Å². The first kappa shape index (κ1) is 10.3. The maximum absolute atomic E-state index is 7.00. The van der Waals surface area contributed by atoms with Crippen LogP contribution in [0.2, 0.25) is 0 Å². The van der Waals surface area contributed by atoms with Crippen molar-refractivity contribution in [1.82, 2.24) is 0 Å². The van der Waals surface area contributed by atoms with Crippen molar-refractivity contribution in [1.29, 1.82) is 5.41 Å². The molecule has 4 heteroatoms. The van der Waals surface area contributed by atoms with Gasteiger partial charge in [-0.3, -0.25) is 0 Å². The number of nitrogens with two attached hydrogens (primary N) is 1. The van der Waals surface area contributed by atoms with E-state index in [9.17, 15) is 0 Å². The third kappa shape index (κ3) is 4.68. The standard InChI is InChI=1S/C9H12N2OSe/c10-9(11)13-7-12-6-8-4-2-1-3-5-8/h1-5H,6-7H2,(H3,10,11). The summed E-state index contributed by atoms with van der Waals surface area (Å²) < 4.78 is 5.57. The maximum atomic E-state index is 7.00. The van der Waals surface area contributed by atoms with E-state index in [4.69, 9.17) is 15.9 Å². The molecule has 0 fully saturated rings. The van der Waals surface area contributed by atoms with Crippen LogP contribution < -0.4 is 5.73 Å². The summed E-state index contributed by atoms with van der Waals surface area (Å²) in [6.45, 7) is 0.607. The van der Waals surface area contributed by atoms with E-state index in [1.54, 1.807) is 0 Å². The minimum absolute atomic E-state index is 0.00518. The Labute approximate surface area is 83.9 Å². The third-order valence-electron chi connectivity index (χ3n) is 1.41. The Morgan fingerprint density at radius 3 is 2.69 bits per heavy atom. The van der Waals surface area contributed by atoms with Crippen LogP contribution in [0.4, 0.5) is 0 Å². The molecular weight excluding hydrogens is 231 g/mol. The van der Waals surface area contributed by atoms with Gasteiger partial charge in [-0.1, -0.05) is 0 Å². The fourth-order valence-corrected chi connectivity index (χ4v) is 1.45. The van der Waals surface area contributed by atoms with Crippen molar-refractivity contribution < 1.29 is 4.74 Å². The summed E-state index contributed by atoms with van der Waals surface area (Å²) >= 11 is -0.00518. The molecule has 3 nitrogen and oxygen atoms in total. The molecule has 13 heavy (non-hydrogen) atoms. The van der Waals surface area contributed by atoms with Crippen molar-refractivity contribution in [3.05, 3.63) is 35.9 Å². The summed E-state index contributed by atoms with van der Waals surface area (Å²) in [7, 11) is 0. The minimum atomic E-state index is -0.00518. The van der Waals surface area contributed by atoms with Gasteiger partial charge in [0.05, 0.1) is 0 Å². The average Bonchev–Trinajstić information content (AvgIpc) is 2.14. The second-order valence-electron chi connectivity index (χ2n) is 2.46. The van der Waals surface area contributed by atoms with E-state index in [-0.39, 0.29) is 19.7 Å². The number of hydrogen-bond acceptors (Lipinski definition) is 2. The first-order valence-electron chi connectivity index (χ1n) is 3.87. The van der Waals surface area contributed by atoms with Crippen molar-refractivity contribution in [3.63, 3.8) is 0 Å². The van der Waals surface area contributed by atoms with Crippen LogP contribution in [0, 0.1) is 5.41 Å². The van der Waals surface area contributed by atoms with Crippen molar-refractivity contribution >= 4 is 19.7 Å². The number of ether oxygens (including phenoxy) is 1. The number of benzene rings is 1. The van der Waals surface area contributed by atoms with Crippen LogP contribution in [0.15, 0.2) is 30.3 Å². The molecule has 1 rings (SSSR count). The summed E-state index contributed by atoms with van der Waals surface area (Å²) in [5.41, 5.74) is 6.94. The van der Waals surface area contributed by atoms with E-state index in [0.717, 1.165) is 5.56 Å². The zero-order valence-corrected chi connectivity index (χ0v) is 8.91. The summed E-state index contributed by atoms with van der Waals surface area (Å²) in [6, 6.07) is 9.97. The zero-order valence-electron chi connectivity index (χ0n) is 7.19. The van der Waals surface area contributed by atoms with Gasteiger partial charge in [0.15, 0.2) is 0 Å². The number of hydrogen-bond donors (Lipinski definition) is 2. The van der Waals surface area contributed by atoms with Crippen LogP contribution in [-0.4, -0.2) is 25.2 Å². The molecule has 0 aliphatic carbocycles. The molecule has 0 saturated carbocycles. The molecule has 0 bridgehead atoms. The Kier molecular flexibility index (Phi) is 4.54. The quantitative estimate of drug-likeness (QED) is 0.347. The molecular formula is C9H12N2OSe. The third-order valence-corrected chi connectivity index (χ3v) is 2.66. The predicted molar refractivity (Wildman–Crippen MR) is 53.8 cm³/mol. The molecule has 70 valence electrons. The molecule has 0 spiro atoms. The van der Waals surface area contributed by atoms with E-state index in [1.807, 2.05) is 30.3 Å². The van der Waals surface area contributed by atoms with Gasteiger partial charge in [-0.25, -0.2) is 0 Å². The van der Waals surface area contributed by atoms with Gasteiger partial charge in [0.25, 0.3) is 0 Å². The van der Waals surface area contributed by atoms with Crippen LogP contribution in [0.1, 0.15) is 5.56 Å². The molecule has 3 N–H and O–H groups in total. The molecule has 0 aromatic heterocycles. The first-order chi connectivity index (χ1) is 6.29. The van der Waals surface area contributed by atoms with E-state index in [2.05, 4.69) is 0 Å². The van der Waals surface area contributed by atoms with Gasteiger partial charge in [-0.15, -0.1) is 0 Å². The van der Waals surface area contributed by atoms with Gasteiger partial charge < -0.3 is 0 Å². The predicted octanol–water partition coefficient (Wildman–Crippen LogP) is 0.758. The second kappa shape index (κ2) is 5.75. The Morgan fingerprint density at radius 1 is 1.38 bits per heavy atom. The monoisotopic (exact) mass is 244 g/mol. The second-order valence-corrected chi connectivity index (χ2v) is 4.48. The molecule has 0 unspecified atom stereocenters. The Hall–Kier alpha value is -0.831. The van der Waals surface area contributed by atoms with E-state index in [1.165, 1.54) is 0 Å². The Balaban J connectivity index is 2.17. The summed E-state index contributed by atoms with van der Waals surface area (Å²) in [4.78, 5) is 0. The average molecular weight is 243 g/mol. The summed E-state index contributed by atoms with van der Waals surface area (Å²) in [5, 5.41) is 7.00. The molecule has 0 aliphatic heterocycles. The van der Waals surface area contributed by atoms with Gasteiger partial charge >= 0.3 is 83.6 Å². The molecule has 0 heterocycles. The van der Waals surface area contributed by atoms with Crippen LogP contribution in [-0.2, 0) is 11.3 Å². The molecule has 1 aromatic carbocycles. The molecule has 0 amide bonds. The van der Waals surface area contributed by atoms with E-state index >= 15 is 0 Å². The topological polar surface area (TPSA) is 59.1 Å². The molecule has 0 aliphatic rings. The molecule has 0 saturated heterocycles. The van der Waals surface area contributed by atoms with Crippen molar-refractivity contribution in [2.24, 2.45) is 5.73 Å². The van der Waals surface area contributed by atoms with Crippen LogP contribution in [0.3, 0.4) is 0 Å². The van der Waals surface area contributed by atoms with Gasteiger partial charge in [-0.2, -0.15) is 0 Å². The summed E-state index contributed by atoms with van der Waals surface area (Å²) in [6.07, 6.45) is 0. The zero-order chi connectivity index (χ0) is 9.52.